The number of hydrogen-bond donors (Lipinski definition) is 1. The maximum Gasteiger partial charge on any atom is 0.185 e. The SMILES string of the molecule is CCC(C)c1nc(N(C)Cc2ccccc2)sc1CO. The molecule has 108 valence electrons. The van der Waals surface area contributed by atoms with E-state index in [1.54, 1.807) is 11.3 Å². The number of anilines is 1. The maximum atomic E-state index is 9.50. The molecule has 0 radical (unpaired) electrons. The van der Waals surface area contributed by atoms with Gasteiger partial charge in [0.15, 0.2) is 5.13 Å². The van der Waals surface area contributed by atoms with Crippen molar-refractivity contribution in [3.63, 3.8) is 0 Å². The Hall–Kier alpha value is -1.39. The largest absolute Gasteiger partial charge is 0.391 e. The summed E-state index contributed by atoms with van der Waals surface area (Å²) in [4.78, 5) is 7.87. The molecule has 1 atom stereocenters. The zero-order chi connectivity index (χ0) is 14.5. The van der Waals surface area contributed by atoms with Gasteiger partial charge >= 0.3 is 0 Å². The first-order chi connectivity index (χ1) is 9.65. The highest BCUT2D eigenvalue weighted by Gasteiger charge is 2.17. The van der Waals surface area contributed by atoms with Crippen molar-refractivity contribution >= 4 is 16.5 Å². The topological polar surface area (TPSA) is 36.4 Å². The van der Waals surface area contributed by atoms with Crippen LogP contribution in [0.25, 0.3) is 0 Å². The molecular formula is C16H22N2OS. The number of benzene rings is 1. The molecule has 1 aromatic heterocycles. The number of aliphatic hydroxyl groups excluding tert-OH is 1. The van der Waals surface area contributed by atoms with Gasteiger partial charge in [0.2, 0.25) is 0 Å². The van der Waals surface area contributed by atoms with Crippen molar-refractivity contribution in [2.75, 3.05) is 11.9 Å². The lowest BCUT2D eigenvalue weighted by Crippen LogP contribution is -2.16. The van der Waals surface area contributed by atoms with E-state index in [2.05, 4.69) is 43.0 Å². The lowest BCUT2D eigenvalue weighted by atomic mass is 10.0. The van der Waals surface area contributed by atoms with Gasteiger partial charge in [-0.3, -0.25) is 0 Å². The molecule has 2 rings (SSSR count). The van der Waals surface area contributed by atoms with E-state index in [0.29, 0.717) is 5.92 Å². The molecule has 1 aromatic carbocycles. The molecule has 1 heterocycles. The molecule has 2 aromatic rings. The highest BCUT2D eigenvalue weighted by atomic mass is 32.1. The molecule has 0 aliphatic carbocycles. The van der Waals surface area contributed by atoms with E-state index in [1.165, 1.54) is 5.56 Å². The number of nitrogens with zero attached hydrogens (tertiary/aromatic N) is 2. The summed E-state index contributed by atoms with van der Waals surface area (Å²) in [5, 5.41) is 10.5. The van der Waals surface area contributed by atoms with Gasteiger partial charge in [-0.15, -0.1) is 0 Å². The first-order valence-electron chi connectivity index (χ1n) is 7.01. The summed E-state index contributed by atoms with van der Waals surface area (Å²) in [6, 6.07) is 10.4. The predicted octanol–water partition coefficient (Wildman–Crippen LogP) is 3.79. The second-order valence-electron chi connectivity index (χ2n) is 5.11. The van der Waals surface area contributed by atoms with Gasteiger partial charge < -0.3 is 10.0 Å². The standard InChI is InChI=1S/C16H22N2OS/c1-4-12(2)15-14(11-19)20-16(17-15)18(3)10-13-8-6-5-7-9-13/h5-9,12,19H,4,10-11H2,1-3H3. The van der Waals surface area contributed by atoms with Crippen molar-refractivity contribution in [2.45, 2.75) is 39.3 Å². The minimum atomic E-state index is 0.0799. The summed E-state index contributed by atoms with van der Waals surface area (Å²) in [6.45, 7) is 5.23. The Kier molecular flexibility index (Phi) is 5.15. The van der Waals surface area contributed by atoms with Crippen molar-refractivity contribution in [1.82, 2.24) is 4.98 Å². The number of rotatable bonds is 6. The van der Waals surface area contributed by atoms with Crippen LogP contribution in [0.1, 0.15) is 42.3 Å². The van der Waals surface area contributed by atoms with Crippen LogP contribution in [0.15, 0.2) is 30.3 Å². The summed E-state index contributed by atoms with van der Waals surface area (Å²) in [7, 11) is 2.05. The molecule has 0 spiro atoms. The fraction of sp³-hybridized carbons (Fsp3) is 0.438. The zero-order valence-electron chi connectivity index (χ0n) is 12.3. The van der Waals surface area contributed by atoms with Crippen LogP contribution in [-0.2, 0) is 13.2 Å². The van der Waals surface area contributed by atoms with Gasteiger partial charge in [-0.25, -0.2) is 4.98 Å². The Morgan fingerprint density at radius 1 is 1.30 bits per heavy atom. The van der Waals surface area contributed by atoms with Crippen LogP contribution in [0, 0.1) is 0 Å². The summed E-state index contributed by atoms with van der Waals surface area (Å²) < 4.78 is 0. The van der Waals surface area contributed by atoms with E-state index in [9.17, 15) is 5.11 Å². The molecule has 0 aliphatic heterocycles. The lowest BCUT2D eigenvalue weighted by molar-refractivity contribution is 0.283. The maximum absolute atomic E-state index is 9.50. The quantitative estimate of drug-likeness (QED) is 0.879. The third kappa shape index (κ3) is 3.38. The van der Waals surface area contributed by atoms with Crippen LogP contribution < -0.4 is 4.90 Å². The lowest BCUT2D eigenvalue weighted by Gasteiger charge is -2.15. The minimum absolute atomic E-state index is 0.0799. The van der Waals surface area contributed by atoms with E-state index in [0.717, 1.165) is 28.7 Å². The van der Waals surface area contributed by atoms with Crippen molar-refractivity contribution in [2.24, 2.45) is 0 Å². The Morgan fingerprint density at radius 3 is 2.60 bits per heavy atom. The average Bonchev–Trinajstić information content (AvgIpc) is 2.92. The Labute approximate surface area is 124 Å². The smallest absolute Gasteiger partial charge is 0.185 e. The monoisotopic (exact) mass is 290 g/mol. The molecule has 0 saturated carbocycles. The van der Waals surface area contributed by atoms with E-state index < -0.39 is 0 Å². The molecule has 0 bridgehead atoms. The number of thiazole rings is 1. The summed E-state index contributed by atoms with van der Waals surface area (Å²) in [5.74, 6) is 0.396. The summed E-state index contributed by atoms with van der Waals surface area (Å²) in [5.41, 5.74) is 2.32. The van der Waals surface area contributed by atoms with Crippen LogP contribution in [-0.4, -0.2) is 17.1 Å². The number of aromatic nitrogens is 1. The molecule has 1 unspecified atom stereocenters. The second-order valence-corrected chi connectivity index (χ2v) is 6.18. The first kappa shape index (κ1) is 15.0. The molecule has 1 N–H and O–H groups in total. The van der Waals surface area contributed by atoms with Crippen LogP contribution >= 0.6 is 11.3 Å². The van der Waals surface area contributed by atoms with Crippen LogP contribution in [0.2, 0.25) is 0 Å². The molecule has 20 heavy (non-hydrogen) atoms. The third-order valence-electron chi connectivity index (χ3n) is 3.53. The molecule has 0 fully saturated rings. The van der Waals surface area contributed by atoms with Gasteiger partial charge in [-0.05, 0) is 17.9 Å². The van der Waals surface area contributed by atoms with Crippen molar-refractivity contribution < 1.29 is 5.11 Å². The van der Waals surface area contributed by atoms with Crippen LogP contribution in [0.5, 0.6) is 0 Å². The van der Waals surface area contributed by atoms with Gasteiger partial charge in [0, 0.05) is 13.6 Å². The van der Waals surface area contributed by atoms with Gasteiger partial charge in [0.25, 0.3) is 0 Å². The predicted molar refractivity (Wildman–Crippen MR) is 85.3 cm³/mol. The number of hydrogen-bond acceptors (Lipinski definition) is 4. The molecule has 3 nitrogen and oxygen atoms in total. The van der Waals surface area contributed by atoms with E-state index >= 15 is 0 Å². The van der Waals surface area contributed by atoms with Crippen molar-refractivity contribution in [3.05, 3.63) is 46.5 Å². The van der Waals surface area contributed by atoms with Crippen LogP contribution in [0.4, 0.5) is 5.13 Å². The Bertz CT molecular complexity index is 539. The second kappa shape index (κ2) is 6.86. The normalized spacial score (nSPS) is 12.4. The average molecular weight is 290 g/mol. The Morgan fingerprint density at radius 2 is 2.00 bits per heavy atom. The van der Waals surface area contributed by atoms with Gasteiger partial charge in [-0.2, -0.15) is 0 Å². The summed E-state index contributed by atoms with van der Waals surface area (Å²) in [6.07, 6.45) is 1.04. The summed E-state index contributed by atoms with van der Waals surface area (Å²) >= 11 is 1.60. The molecule has 4 heteroatoms. The van der Waals surface area contributed by atoms with E-state index in [-0.39, 0.29) is 6.61 Å². The fourth-order valence-electron chi connectivity index (χ4n) is 2.13. The Balaban J connectivity index is 2.18. The van der Waals surface area contributed by atoms with Gasteiger partial charge in [0.1, 0.15) is 0 Å². The number of aliphatic hydroxyl groups is 1. The molecule has 0 saturated heterocycles. The highest BCUT2D eigenvalue weighted by molar-refractivity contribution is 7.15. The molecule has 0 amide bonds. The van der Waals surface area contributed by atoms with E-state index in [4.69, 9.17) is 4.98 Å². The highest BCUT2D eigenvalue weighted by Crippen LogP contribution is 2.32. The molecular weight excluding hydrogens is 268 g/mol. The minimum Gasteiger partial charge on any atom is -0.391 e. The zero-order valence-corrected chi connectivity index (χ0v) is 13.2. The van der Waals surface area contributed by atoms with E-state index in [1.807, 2.05) is 13.1 Å². The fourth-order valence-corrected chi connectivity index (χ4v) is 3.13. The van der Waals surface area contributed by atoms with Crippen LogP contribution in [0.3, 0.4) is 0 Å². The first-order valence-corrected chi connectivity index (χ1v) is 7.82. The third-order valence-corrected chi connectivity index (χ3v) is 4.70. The molecule has 0 aliphatic rings. The van der Waals surface area contributed by atoms with Crippen molar-refractivity contribution in [3.8, 4) is 0 Å². The van der Waals surface area contributed by atoms with Gasteiger partial charge in [-0.1, -0.05) is 55.5 Å². The van der Waals surface area contributed by atoms with Crippen molar-refractivity contribution in [1.29, 1.82) is 0 Å². The van der Waals surface area contributed by atoms with Gasteiger partial charge in [0.05, 0.1) is 17.2 Å².